The number of aryl methyl sites for hydroxylation is 1. The van der Waals surface area contributed by atoms with E-state index >= 15 is 0 Å². The topological polar surface area (TPSA) is 41.6 Å². The van der Waals surface area contributed by atoms with E-state index in [9.17, 15) is 5.26 Å². The van der Waals surface area contributed by atoms with Crippen molar-refractivity contribution in [2.75, 3.05) is 0 Å². The molecule has 3 aromatic rings. The van der Waals surface area contributed by atoms with Crippen LogP contribution in [-0.4, -0.2) is 9.55 Å². The first-order valence-corrected chi connectivity index (χ1v) is 6.86. The van der Waals surface area contributed by atoms with Gasteiger partial charge in [0.15, 0.2) is 5.82 Å². The Bertz CT molecular complexity index is 884. The van der Waals surface area contributed by atoms with Crippen LogP contribution in [0, 0.1) is 11.3 Å². The Hall–Kier alpha value is -2.57. The summed E-state index contributed by atoms with van der Waals surface area (Å²) in [6.45, 7) is 0. The van der Waals surface area contributed by atoms with Crippen LogP contribution in [0.3, 0.4) is 0 Å². The van der Waals surface area contributed by atoms with Gasteiger partial charge in [-0.25, -0.2) is 4.98 Å². The fourth-order valence-corrected chi connectivity index (χ4v) is 2.47. The van der Waals surface area contributed by atoms with E-state index in [4.69, 9.17) is 11.6 Å². The molecular weight excluding hydrogens is 282 g/mol. The van der Waals surface area contributed by atoms with Gasteiger partial charge in [0.2, 0.25) is 0 Å². The van der Waals surface area contributed by atoms with Gasteiger partial charge in [-0.05, 0) is 29.8 Å². The Morgan fingerprint density at radius 2 is 1.90 bits per heavy atom. The smallest absolute Gasteiger partial charge is 0.151 e. The van der Waals surface area contributed by atoms with Crippen LogP contribution >= 0.6 is 11.6 Å². The molecule has 2 aromatic carbocycles. The third-order valence-corrected chi connectivity index (χ3v) is 3.70. The van der Waals surface area contributed by atoms with E-state index in [2.05, 4.69) is 11.1 Å². The number of hydrogen-bond donors (Lipinski definition) is 0. The maximum absolute atomic E-state index is 9.47. The second kappa shape index (κ2) is 5.43. The van der Waals surface area contributed by atoms with E-state index in [1.165, 1.54) is 0 Å². The molecule has 102 valence electrons. The quantitative estimate of drug-likeness (QED) is 0.661. The maximum Gasteiger partial charge on any atom is 0.151 e. The number of halogens is 1. The van der Waals surface area contributed by atoms with Crippen molar-refractivity contribution in [1.29, 1.82) is 5.26 Å². The Balaban J connectivity index is 2.18. The highest BCUT2D eigenvalue weighted by Crippen LogP contribution is 2.24. The summed E-state index contributed by atoms with van der Waals surface area (Å²) in [5.41, 5.74) is 3.16. The van der Waals surface area contributed by atoms with Gasteiger partial charge in [0.25, 0.3) is 0 Å². The Labute approximate surface area is 127 Å². The van der Waals surface area contributed by atoms with Crippen molar-refractivity contribution in [3.8, 4) is 6.07 Å². The number of nitriles is 1. The molecule has 0 saturated carbocycles. The molecule has 0 aliphatic heterocycles. The van der Waals surface area contributed by atoms with Crippen molar-refractivity contribution in [2.24, 2.45) is 7.05 Å². The molecule has 3 rings (SSSR count). The highest BCUT2D eigenvalue weighted by atomic mass is 35.5. The lowest BCUT2D eigenvalue weighted by Gasteiger charge is -2.02. The van der Waals surface area contributed by atoms with Crippen LogP contribution in [0.1, 0.15) is 11.4 Å². The summed E-state index contributed by atoms with van der Waals surface area (Å²) in [7, 11) is 1.91. The molecule has 3 nitrogen and oxygen atoms in total. The molecule has 0 radical (unpaired) electrons. The van der Waals surface area contributed by atoms with Gasteiger partial charge in [0.1, 0.15) is 6.07 Å². The van der Waals surface area contributed by atoms with Gasteiger partial charge < -0.3 is 4.57 Å². The van der Waals surface area contributed by atoms with Gasteiger partial charge in [-0.15, -0.1) is 0 Å². The zero-order valence-corrected chi connectivity index (χ0v) is 12.2. The molecule has 1 aromatic heterocycles. The summed E-state index contributed by atoms with van der Waals surface area (Å²) in [5, 5.41) is 10.1. The summed E-state index contributed by atoms with van der Waals surface area (Å²) in [5.74, 6) is 0.638. The molecule has 0 saturated heterocycles. The van der Waals surface area contributed by atoms with E-state index in [1.807, 2.05) is 54.1 Å². The molecule has 0 amide bonds. The van der Waals surface area contributed by atoms with Crippen molar-refractivity contribution < 1.29 is 0 Å². The van der Waals surface area contributed by atoms with Gasteiger partial charge in [-0.2, -0.15) is 5.26 Å². The molecule has 0 fully saturated rings. The van der Waals surface area contributed by atoms with Crippen molar-refractivity contribution in [3.63, 3.8) is 0 Å². The number of aromatic nitrogens is 2. The third kappa shape index (κ3) is 2.42. The largest absolute Gasteiger partial charge is 0.327 e. The Morgan fingerprint density at radius 1 is 1.19 bits per heavy atom. The minimum Gasteiger partial charge on any atom is -0.327 e. The second-order valence-electron chi connectivity index (χ2n) is 4.67. The molecule has 0 aliphatic carbocycles. The Kier molecular flexibility index (Phi) is 3.47. The molecule has 0 bridgehead atoms. The van der Waals surface area contributed by atoms with Gasteiger partial charge in [0.05, 0.1) is 16.6 Å². The molecule has 0 atom stereocenters. The second-order valence-corrected chi connectivity index (χ2v) is 5.08. The lowest BCUT2D eigenvalue weighted by Crippen LogP contribution is -1.96. The first kappa shape index (κ1) is 13.4. The number of fused-ring (bicyclic) bond motifs is 1. The van der Waals surface area contributed by atoms with Crippen LogP contribution in [-0.2, 0) is 7.05 Å². The Morgan fingerprint density at radius 3 is 2.62 bits per heavy atom. The highest BCUT2D eigenvalue weighted by Gasteiger charge is 2.12. The van der Waals surface area contributed by atoms with Crippen LogP contribution in [0.15, 0.2) is 48.5 Å². The van der Waals surface area contributed by atoms with Gasteiger partial charge in [0, 0.05) is 12.1 Å². The van der Waals surface area contributed by atoms with Crippen LogP contribution in [0.25, 0.3) is 22.7 Å². The zero-order valence-electron chi connectivity index (χ0n) is 11.4. The summed E-state index contributed by atoms with van der Waals surface area (Å²) in [6, 6.07) is 17.5. The van der Waals surface area contributed by atoms with E-state index in [-0.39, 0.29) is 0 Å². The molecule has 21 heavy (non-hydrogen) atoms. The number of allylic oxidation sites excluding steroid dienone is 1. The standard InChI is InChI=1S/C17H12ClN3/c1-21-16-9-5-4-8-15(16)20-17(21)13(11-19)10-12-6-2-3-7-14(12)18/h2-10H,1H3/b13-10+. The number of hydrogen-bond acceptors (Lipinski definition) is 2. The van der Waals surface area contributed by atoms with Crippen molar-refractivity contribution in [2.45, 2.75) is 0 Å². The molecule has 1 heterocycles. The highest BCUT2D eigenvalue weighted by molar-refractivity contribution is 6.32. The first-order valence-electron chi connectivity index (χ1n) is 6.49. The normalized spacial score (nSPS) is 11.6. The number of benzene rings is 2. The van der Waals surface area contributed by atoms with Crippen LogP contribution in [0.2, 0.25) is 5.02 Å². The predicted octanol–water partition coefficient (Wildman–Crippen LogP) is 4.29. The van der Waals surface area contributed by atoms with Crippen LogP contribution in [0.4, 0.5) is 0 Å². The van der Waals surface area contributed by atoms with Crippen LogP contribution < -0.4 is 0 Å². The molecule has 4 heteroatoms. The van der Waals surface area contributed by atoms with E-state index in [1.54, 1.807) is 12.1 Å². The number of para-hydroxylation sites is 2. The number of nitrogens with zero attached hydrogens (tertiary/aromatic N) is 3. The SMILES string of the molecule is Cn1c(/C(C#N)=C/c2ccccc2Cl)nc2ccccc21. The van der Waals surface area contributed by atoms with Crippen molar-refractivity contribution >= 4 is 34.3 Å². The van der Waals surface area contributed by atoms with Crippen molar-refractivity contribution in [3.05, 3.63) is 64.9 Å². The minimum atomic E-state index is 0.488. The fraction of sp³-hybridized carbons (Fsp3) is 0.0588. The monoisotopic (exact) mass is 293 g/mol. The molecule has 0 aliphatic rings. The van der Waals surface area contributed by atoms with Crippen LogP contribution in [0.5, 0.6) is 0 Å². The number of rotatable bonds is 2. The third-order valence-electron chi connectivity index (χ3n) is 3.35. The fourth-order valence-electron chi connectivity index (χ4n) is 2.28. The first-order chi connectivity index (χ1) is 10.2. The zero-order chi connectivity index (χ0) is 14.8. The molecule has 0 spiro atoms. The number of imidazole rings is 1. The summed E-state index contributed by atoms with van der Waals surface area (Å²) in [4.78, 5) is 4.54. The average Bonchev–Trinajstić information content (AvgIpc) is 2.84. The summed E-state index contributed by atoms with van der Waals surface area (Å²) < 4.78 is 1.92. The maximum atomic E-state index is 9.47. The van der Waals surface area contributed by atoms with Gasteiger partial charge in [-0.1, -0.05) is 41.9 Å². The van der Waals surface area contributed by atoms with E-state index in [0.29, 0.717) is 16.4 Å². The van der Waals surface area contributed by atoms with Crippen molar-refractivity contribution in [1.82, 2.24) is 9.55 Å². The molecule has 0 unspecified atom stereocenters. The van der Waals surface area contributed by atoms with E-state index < -0.39 is 0 Å². The predicted molar refractivity (Wildman–Crippen MR) is 85.7 cm³/mol. The lowest BCUT2D eigenvalue weighted by atomic mass is 10.1. The minimum absolute atomic E-state index is 0.488. The molecular formula is C17H12ClN3. The summed E-state index contributed by atoms with van der Waals surface area (Å²) >= 11 is 6.15. The molecule has 0 N–H and O–H groups in total. The van der Waals surface area contributed by atoms with Gasteiger partial charge in [-0.3, -0.25) is 0 Å². The summed E-state index contributed by atoms with van der Waals surface area (Å²) in [6.07, 6.45) is 1.77. The average molecular weight is 294 g/mol. The lowest BCUT2D eigenvalue weighted by molar-refractivity contribution is 0.925. The van der Waals surface area contributed by atoms with E-state index in [0.717, 1.165) is 16.6 Å². The van der Waals surface area contributed by atoms with Gasteiger partial charge >= 0.3 is 0 Å².